The molecule has 0 fully saturated rings. The molecule has 3 rings (SSSR count). The highest BCUT2D eigenvalue weighted by molar-refractivity contribution is 6.35. The fourth-order valence-corrected chi connectivity index (χ4v) is 2.57. The molecule has 3 aromatic rings. The third-order valence-corrected chi connectivity index (χ3v) is 3.74. The predicted octanol–water partition coefficient (Wildman–Crippen LogP) is 4.37. The van der Waals surface area contributed by atoms with E-state index < -0.39 is 6.10 Å². The van der Waals surface area contributed by atoms with Gasteiger partial charge in [-0.3, -0.25) is 4.79 Å². The number of para-hydroxylation sites is 1. The van der Waals surface area contributed by atoms with Gasteiger partial charge in [-0.25, -0.2) is 4.98 Å². The van der Waals surface area contributed by atoms with Gasteiger partial charge in [-0.05, 0) is 37.3 Å². The Morgan fingerprint density at radius 1 is 1.18 bits per heavy atom. The molecule has 1 heterocycles. The second-order valence-corrected chi connectivity index (χ2v) is 5.65. The maximum Gasteiger partial charge on any atom is 0.258 e. The van der Waals surface area contributed by atoms with E-state index in [1.807, 2.05) is 6.07 Å². The fraction of sp³-hybridized carbons (Fsp3) is 0.125. The van der Waals surface area contributed by atoms with Crippen molar-refractivity contribution in [1.29, 1.82) is 0 Å². The van der Waals surface area contributed by atoms with Gasteiger partial charge in [0.05, 0.1) is 15.9 Å². The summed E-state index contributed by atoms with van der Waals surface area (Å²) in [7, 11) is 0. The fourth-order valence-electron chi connectivity index (χ4n) is 2.11. The lowest BCUT2D eigenvalue weighted by Gasteiger charge is -2.15. The number of H-pyrrole nitrogens is 1. The van der Waals surface area contributed by atoms with Crippen molar-refractivity contribution in [2.75, 3.05) is 0 Å². The Morgan fingerprint density at radius 2 is 1.95 bits per heavy atom. The normalized spacial score (nSPS) is 12.3. The standard InChI is InChI=1S/C16H12Cl2N2O2/c1-9(22-14-7-6-10(17)8-12(14)18)15-19-13-5-3-2-4-11(13)16(21)20-15/h2-9H,1H3,(H,19,20,21)/t9-/m0/s1. The molecule has 4 nitrogen and oxygen atoms in total. The molecular formula is C16H12Cl2N2O2. The number of fused-ring (bicyclic) bond motifs is 1. The van der Waals surface area contributed by atoms with E-state index in [4.69, 9.17) is 27.9 Å². The predicted molar refractivity (Wildman–Crippen MR) is 87.9 cm³/mol. The Bertz CT molecular complexity index is 893. The number of nitrogens with one attached hydrogen (secondary N) is 1. The largest absolute Gasteiger partial charge is 0.481 e. The summed E-state index contributed by atoms with van der Waals surface area (Å²) in [6.45, 7) is 1.79. The summed E-state index contributed by atoms with van der Waals surface area (Å²) in [5.74, 6) is 0.920. The average Bonchev–Trinajstić information content (AvgIpc) is 2.50. The molecule has 0 saturated carbocycles. The van der Waals surface area contributed by atoms with Crippen LogP contribution in [0.3, 0.4) is 0 Å². The lowest BCUT2D eigenvalue weighted by molar-refractivity contribution is 0.217. The zero-order valence-corrected chi connectivity index (χ0v) is 13.2. The van der Waals surface area contributed by atoms with Gasteiger partial charge in [0, 0.05) is 5.02 Å². The van der Waals surface area contributed by atoms with Crippen LogP contribution in [-0.2, 0) is 0 Å². The highest BCUT2D eigenvalue weighted by Gasteiger charge is 2.14. The maximum atomic E-state index is 12.1. The molecule has 0 radical (unpaired) electrons. The average molecular weight is 335 g/mol. The number of halogens is 2. The summed E-state index contributed by atoms with van der Waals surface area (Å²) < 4.78 is 5.77. The van der Waals surface area contributed by atoms with Crippen molar-refractivity contribution in [2.24, 2.45) is 0 Å². The maximum absolute atomic E-state index is 12.1. The Labute approximate surface area is 136 Å². The Balaban J connectivity index is 1.95. The highest BCUT2D eigenvalue weighted by Crippen LogP contribution is 2.30. The molecule has 112 valence electrons. The van der Waals surface area contributed by atoms with E-state index in [9.17, 15) is 4.79 Å². The van der Waals surface area contributed by atoms with Crippen LogP contribution in [-0.4, -0.2) is 9.97 Å². The highest BCUT2D eigenvalue weighted by atomic mass is 35.5. The number of ether oxygens (including phenoxy) is 1. The summed E-state index contributed by atoms with van der Waals surface area (Å²) in [6, 6.07) is 12.1. The van der Waals surface area contributed by atoms with Crippen LogP contribution in [0.2, 0.25) is 10.0 Å². The number of aromatic amines is 1. The molecule has 0 bridgehead atoms. The quantitative estimate of drug-likeness (QED) is 0.773. The molecule has 0 saturated heterocycles. The molecule has 0 aliphatic rings. The van der Waals surface area contributed by atoms with Crippen molar-refractivity contribution in [1.82, 2.24) is 9.97 Å². The van der Waals surface area contributed by atoms with Gasteiger partial charge in [-0.1, -0.05) is 35.3 Å². The summed E-state index contributed by atoms with van der Waals surface area (Å²) in [4.78, 5) is 19.2. The number of hydrogen-bond acceptors (Lipinski definition) is 3. The van der Waals surface area contributed by atoms with E-state index >= 15 is 0 Å². The van der Waals surface area contributed by atoms with Gasteiger partial charge >= 0.3 is 0 Å². The first-order valence-corrected chi connectivity index (χ1v) is 7.41. The zero-order valence-electron chi connectivity index (χ0n) is 11.6. The minimum atomic E-state index is -0.462. The molecule has 1 aromatic heterocycles. The number of hydrogen-bond donors (Lipinski definition) is 1. The summed E-state index contributed by atoms with van der Waals surface area (Å²) in [5.41, 5.74) is 0.428. The zero-order chi connectivity index (χ0) is 15.7. The van der Waals surface area contributed by atoms with E-state index in [2.05, 4.69) is 9.97 Å². The van der Waals surface area contributed by atoms with Crippen molar-refractivity contribution in [3.63, 3.8) is 0 Å². The van der Waals surface area contributed by atoms with E-state index in [0.29, 0.717) is 32.5 Å². The van der Waals surface area contributed by atoms with Crippen molar-refractivity contribution < 1.29 is 4.74 Å². The molecule has 1 N–H and O–H groups in total. The van der Waals surface area contributed by atoms with Gasteiger partial charge in [-0.15, -0.1) is 0 Å². The molecule has 2 aromatic carbocycles. The van der Waals surface area contributed by atoms with Gasteiger partial charge in [0.15, 0.2) is 11.9 Å². The molecule has 1 atom stereocenters. The van der Waals surface area contributed by atoms with Gasteiger partial charge in [-0.2, -0.15) is 0 Å². The molecule has 0 aliphatic carbocycles. The number of benzene rings is 2. The van der Waals surface area contributed by atoms with E-state index in [-0.39, 0.29) is 5.56 Å². The minimum absolute atomic E-state index is 0.196. The van der Waals surface area contributed by atoms with Gasteiger partial charge < -0.3 is 9.72 Å². The van der Waals surface area contributed by atoms with Crippen LogP contribution in [0, 0.1) is 0 Å². The van der Waals surface area contributed by atoms with Crippen LogP contribution in [0.15, 0.2) is 47.3 Å². The summed E-state index contributed by atoms with van der Waals surface area (Å²) in [6.07, 6.45) is -0.462. The van der Waals surface area contributed by atoms with Crippen LogP contribution in [0.25, 0.3) is 10.9 Å². The first kappa shape index (κ1) is 14.9. The van der Waals surface area contributed by atoms with E-state index in [1.165, 1.54) is 0 Å². The minimum Gasteiger partial charge on any atom is -0.481 e. The topological polar surface area (TPSA) is 55.0 Å². The molecule has 0 aliphatic heterocycles. The number of nitrogens with zero attached hydrogens (tertiary/aromatic N) is 1. The van der Waals surface area contributed by atoms with Crippen LogP contribution < -0.4 is 10.3 Å². The van der Waals surface area contributed by atoms with Crippen molar-refractivity contribution in [2.45, 2.75) is 13.0 Å². The van der Waals surface area contributed by atoms with Crippen LogP contribution >= 0.6 is 23.2 Å². The molecule has 0 amide bonds. The SMILES string of the molecule is C[C@H](Oc1ccc(Cl)cc1Cl)c1nc2ccccc2c(=O)[nH]1. The molecule has 0 unspecified atom stereocenters. The number of rotatable bonds is 3. The Hall–Kier alpha value is -2.04. The van der Waals surface area contributed by atoms with E-state index in [0.717, 1.165) is 0 Å². The van der Waals surface area contributed by atoms with Crippen molar-refractivity contribution in [3.05, 3.63) is 68.7 Å². The summed E-state index contributed by atoms with van der Waals surface area (Å²) >= 11 is 11.9. The molecule has 22 heavy (non-hydrogen) atoms. The first-order valence-electron chi connectivity index (χ1n) is 6.65. The van der Waals surface area contributed by atoms with Crippen molar-refractivity contribution in [3.8, 4) is 5.75 Å². The Kier molecular flexibility index (Phi) is 4.05. The van der Waals surface area contributed by atoms with Gasteiger partial charge in [0.2, 0.25) is 0 Å². The lowest BCUT2D eigenvalue weighted by atomic mass is 10.2. The van der Waals surface area contributed by atoms with Crippen molar-refractivity contribution >= 4 is 34.1 Å². The van der Waals surface area contributed by atoms with Crippen LogP contribution in [0.5, 0.6) is 5.75 Å². The third kappa shape index (κ3) is 2.93. The smallest absolute Gasteiger partial charge is 0.258 e. The third-order valence-electron chi connectivity index (χ3n) is 3.21. The lowest BCUT2D eigenvalue weighted by Crippen LogP contribution is -2.16. The molecular weight excluding hydrogens is 323 g/mol. The summed E-state index contributed by atoms with van der Waals surface area (Å²) in [5, 5.41) is 1.48. The molecule has 6 heteroatoms. The van der Waals surface area contributed by atoms with Gasteiger partial charge in [0.1, 0.15) is 5.75 Å². The second-order valence-electron chi connectivity index (χ2n) is 4.80. The molecule has 0 spiro atoms. The first-order chi connectivity index (χ1) is 10.5. The van der Waals surface area contributed by atoms with Crippen LogP contribution in [0.4, 0.5) is 0 Å². The Morgan fingerprint density at radius 3 is 2.73 bits per heavy atom. The van der Waals surface area contributed by atoms with Gasteiger partial charge in [0.25, 0.3) is 5.56 Å². The van der Waals surface area contributed by atoms with Crippen LogP contribution in [0.1, 0.15) is 18.9 Å². The monoisotopic (exact) mass is 334 g/mol. The second kappa shape index (κ2) is 5.99. The number of aromatic nitrogens is 2. The van der Waals surface area contributed by atoms with E-state index in [1.54, 1.807) is 43.3 Å².